The molecule has 0 unspecified atom stereocenters. The summed E-state index contributed by atoms with van der Waals surface area (Å²) in [5.41, 5.74) is 7.06. The highest BCUT2D eigenvalue weighted by Crippen LogP contribution is 2.18. The van der Waals surface area contributed by atoms with Crippen molar-refractivity contribution in [1.82, 2.24) is 14.8 Å². The highest BCUT2D eigenvalue weighted by Gasteiger charge is 2.23. The van der Waals surface area contributed by atoms with Crippen molar-refractivity contribution in [2.75, 3.05) is 39.3 Å². The van der Waals surface area contributed by atoms with Gasteiger partial charge in [0.2, 0.25) is 0 Å². The van der Waals surface area contributed by atoms with Gasteiger partial charge in [-0.1, -0.05) is 18.2 Å². The Morgan fingerprint density at radius 3 is 2.67 bits per heavy atom. The molecule has 2 aromatic rings. The number of hydrogen-bond acceptors (Lipinski definition) is 4. The van der Waals surface area contributed by atoms with E-state index in [2.05, 4.69) is 9.88 Å². The zero-order valence-corrected chi connectivity index (χ0v) is 12.0. The highest BCUT2D eigenvalue weighted by molar-refractivity contribution is 6.05. The zero-order valence-electron chi connectivity index (χ0n) is 12.0. The molecule has 21 heavy (non-hydrogen) atoms. The number of nitrogens with two attached hydrogens (primary N) is 1. The van der Waals surface area contributed by atoms with E-state index in [4.69, 9.17) is 5.73 Å². The van der Waals surface area contributed by atoms with E-state index in [0.717, 1.165) is 43.6 Å². The second-order valence-corrected chi connectivity index (χ2v) is 5.30. The fourth-order valence-corrected chi connectivity index (χ4v) is 2.80. The van der Waals surface area contributed by atoms with Crippen molar-refractivity contribution in [2.24, 2.45) is 5.73 Å². The topological polar surface area (TPSA) is 62.5 Å². The van der Waals surface area contributed by atoms with E-state index >= 15 is 0 Å². The summed E-state index contributed by atoms with van der Waals surface area (Å²) >= 11 is 0. The van der Waals surface area contributed by atoms with Gasteiger partial charge in [-0.15, -0.1) is 0 Å². The number of para-hydroxylation sites is 1. The van der Waals surface area contributed by atoms with Crippen molar-refractivity contribution in [3.63, 3.8) is 0 Å². The first-order valence-corrected chi connectivity index (χ1v) is 7.35. The largest absolute Gasteiger partial charge is 0.336 e. The molecule has 0 saturated carbocycles. The van der Waals surface area contributed by atoms with E-state index in [1.54, 1.807) is 6.20 Å². The maximum atomic E-state index is 12.7. The lowest BCUT2D eigenvalue weighted by atomic mass is 10.1. The molecule has 5 heteroatoms. The van der Waals surface area contributed by atoms with Crippen LogP contribution in [0.15, 0.2) is 36.5 Å². The van der Waals surface area contributed by atoms with Gasteiger partial charge in [0.15, 0.2) is 0 Å². The second kappa shape index (κ2) is 6.20. The van der Waals surface area contributed by atoms with E-state index in [0.29, 0.717) is 12.1 Å². The van der Waals surface area contributed by atoms with Crippen LogP contribution >= 0.6 is 0 Å². The number of carbonyl (C=O) groups is 1. The summed E-state index contributed by atoms with van der Waals surface area (Å²) in [7, 11) is 0. The van der Waals surface area contributed by atoms with Crippen LogP contribution in [0.2, 0.25) is 0 Å². The highest BCUT2D eigenvalue weighted by atomic mass is 16.2. The van der Waals surface area contributed by atoms with Crippen LogP contribution in [0, 0.1) is 0 Å². The number of hydrogen-bond donors (Lipinski definition) is 1. The fraction of sp³-hybridized carbons (Fsp3) is 0.375. The minimum absolute atomic E-state index is 0.0756. The van der Waals surface area contributed by atoms with Crippen LogP contribution in [0.5, 0.6) is 0 Å². The van der Waals surface area contributed by atoms with E-state index in [9.17, 15) is 4.79 Å². The number of nitrogens with zero attached hydrogens (tertiary/aromatic N) is 3. The van der Waals surface area contributed by atoms with Gasteiger partial charge in [0, 0.05) is 50.9 Å². The molecule has 0 aliphatic carbocycles. The van der Waals surface area contributed by atoms with Crippen LogP contribution in [-0.4, -0.2) is 60.0 Å². The van der Waals surface area contributed by atoms with Gasteiger partial charge in [-0.25, -0.2) is 0 Å². The van der Waals surface area contributed by atoms with Gasteiger partial charge < -0.3 is 10.6 Å². The van der Waals surface area contributed by atoms with Crippen molar-refractivity contribution in [1.29, 1.82) is 0 Å². The lowest BCUT2D eigenvalue weighted by molar-refractivity contribution is 0.0643. The Kier molecular flexibility index (Phi) is 4.13. The Morgan fingerprint density at radius 1 is 1.14 bits per heavy atom. The van der Waals surface area contributed by atoms with Gasteiger partial charge in [0.05, 0.1) is 11.1 Å². The van der Waals surface area contributed by atoms with E-state index < -0.39 is 0 Å². The fourth-order valence-electron chi connectivity index (χ4n) is 2.80. The monoisotopic (exact) mass is 284 g/mol. The van der Waals surface area contributed by atoms with Crippen molar-refractivity contribution >= 4 is 16.8 Å². The number of aromatic nitrogens is 1. The standard InChI is InChI=1S/C16H20N4O/c17-6-8-19-9-11-20(12-10-19)16(21)14-5-1-3-13-4-2-7-18-15(13)14/h1-5,7H,6,8-12,17H2. The van der Waals surface area contributed by atoms with Crippen LogP contribution < -0.4 is 5.73 Å². The molecule has 1 fully saturated rings. The Bertz CT molecular complexity index is 630. The summed E-state index contributed by atoms with van der Waals surface area (Å²) in [5, 5.41) is 1.00. The minimum Gasteiger partial charge on any atom is -0.336 e. The minimum atomic E-state index is 0.0756. The molecule has 1 aliphatic heterocycles. The average molecular weight is 284 g/mol. The number of rotatable bonds is 3. The number of benzene rings is 1. The van der Waals surface area contributed by atoms with Gasteiger partial charge in [0.1, 0.15) is 0 Å². The SMILES string of the molecule is NCCN1CCN(C(=O)c2cccc3cccnc23)CC1. The van der Waals surface area contributed by atoms with Gasteiger partial charge >= 0.3 is 0 Å². The molecule has 1 aromatic heterocycles. The maximum absolute atomic E-state index is 12.7. The number of amides is 1. The van der Waals surface area contributed by atoms with Crippen molar-refractivity contribution < 1.29 is 4.79 Å². The Morgan fingerprint density at radius 2 is 1.90 bits per heavy atom. The molecule has 1 aliphatic rings. The molecule has 0 atom stereocenters. The molecule has 2 heterocycles. The molecule has 2 N–H and O–H groups in total. The number of carbonyl (C=O) groups excluding carboxylic acids is 1. The van der Waals surface area contributed by atoms with Crippen molar-refractivity contribution in [2.45, 2.75) is 0 Å². The Hall–Kier alpha value is -1.98. The molecular weight excluding hydrogens is 264 g/mol. The molecule has 5 nitrogen and oxygen atoms in total. The van der Waals surface area contributed by atoms with E-state index in [-0.39, 0.29) is 5.91 Å². The third kappa shape index (κ3) is 2.89. The molecule has 1 aromatic carbocycles. The Balaban J connectivity index is 1.79. The molecule has 110 valence electrons. The third-order valence-electron chi connectivity index (χ3n) is 3.97. The van der Waals surface area contributed by atoms with Crippen LogP contribution in [0.4, 0.5) is 0 Å². The van der Waals surface area contributed by atoms with Crippen LogP contribution in [-0.2, 0) is 0 Å². The van der Waals surface area contributed by atoms with Crippen molar-refractivity contribution in [3.05, 3.63) is 42.1 Å². The van der Waals surface area contributed by atoms with Crippen LogP contribution in [0.25, 0.3) is 10.9 Å². The van der Waals surface area contributed by atoms with E-state index in [1.165, 1.54) is 0 Å². The summed E-state index contributed by atoms with van der Waals surface area (Å²) in [5.74, 6) is 0.0756. The van der Waals surface area contributed by atoms with Gasteiger partial charge in [0.25, 0.3) is 5.91 Å². The molecule has 1 amide bonds. The molecular formula is C16H20N4O. The molecule has 0 spiro atoms. The quantitative estimate of drug-likeness (QED) is 0.911. The first kappa shape index (κ1) is 14.0. The average Bonchev–Trinajstić information content (AvgIpc) is 2.55. The van der Waals surface area contributed by atoms with Crippen LogP contribution in [0.3, 0.4) is 0 Å². The zero-order chi connectivity index (χ0) is 14.7. The number of pyridine rings is 1. The molecule has 0 bridgehead atoms. The summed E-state index contributed by atoms with van der Waals surface area (Å²) in [6.07, 6.45) is 1.73. The first-order valence-electron chi connectivity index (χ1n) is 7.35. The van der Waals surface area contributed by atoms with Gasteiger partial charge in [-0.2, -0.15) is 0 Å². The summed E-state index contributed by atoms with van der Waals surface area (Å²) in [4.78, 5) is 21.3. The number of piperazine rings is 1. The summed E-state index contributed by atoms with van der Waals surface area (Å²) < 4.78 is 0. The van der Waals surface area contributed by atoms with Crippen LogP contribution in [0.1, 0.15) is 10.4 Å². The van der Waals surface area contributed by atoms with Crippen molar-refractivity contribution in [3.8, 4) is 0 Å². The predicted molar refractivity (Wildman–Crippen MR) is 83.1 cm³/mol. The third-order valence-corrected chi connectivity index (χ3v) is 3.97. The van der Waals surface area contributed by atoms with Gasteiger partial charge in [-0.3, -0.25) is 14.7 Å². The predicted octanol–water partition coefficient (Wildman–Crippen LogP) is 0.951. The molecule has 0 radical (unpaired) electrons. The molecule has 1 saturated heterocycles. The normalized spacial score (nSPS) is 16.3. The first-order chi connectivity index (χ1) is 10.3. The lowest BCUT2D eigenvalue weighted by Crippen LogP contribution is -2.49. The lowest BCUT2D eigenvalue weighted by Gasteiger charge is -2.34. The maximum Gasteiger partial charge on any atom is 0.256 e. The summed E-state index contributed by atoms with van der Waals surface area (Å²) in [6, 6.07) is 9.64. The smallest absolute Gasteiger partial charge is 0.256 e. The Labute approximate surface area is 124 Å². The van der Waals surface area contributed by atoms with E-state index in [1.807, 2.05) is 35.2 Å². The van der Waals surface area contributed by atoms with Gasteiger partial charge in [-0.05, 0) is 12.1 Å². The molecule has 3 rings (SSSR count). The number of fused-ring (bicyclic) bond motifs is 1. The second-order valence-electron chi connectivity index (χ2n) is 5.30. The summed E-state index contributed by atoms with van der Waals surface area (Å²) in [6.45, 7) is 4.85.